The molecule has 0 aromatic rings. The summed E-state index contributed by atoms with van der Waals surface area (Å²) in [5, 5.41) is 0. The molecule has 28 heavy (non-hydrogen) atoms. The van der Waals surface area contributed by atoms with E-state index in [1.54, 1.807) is 0 Å². The molecule has 0 aliphatic carbocycles. The Bertz CT molecular complexity index is 316. The van der Waals surface area contributed by atoms with Gasteiger partial charge in [0.15, 0.2) is 0 Å². The predicted molar refractivity (Wildman–Crippen MR) is 123 cm³/mol. The van der Waals surface area contributed by atoms with Crippen molar-refractivity contribution >= 4 is 5.97 Å². The lowest BCUT2D eigenvalue weighted by molar-refractivity contribution is -0.143. The number of rotatable bonds is 22. The number of hydrogen-bond donors (Lipinski definition) is 0. The first-order valence-corrected chi connectivity index (χ1v) is 12.6. The fraction of sp³-hybridized carbons (Fsp3) is 0.960. The molecule has 0 aliphatic heterocycles. The lowest BCUT2D eigenvalue weighted by atomic mass is 10.0. The van der Waals surface area contributed by atoms with Crippen molar-refractivity contribution in [3.63, 3.8) is 0 Å². The summed E-state index contributed by atoms with van der Waals surface area (Å²) in [5.41, 5.74) is 0. The third kappa shape index (κ3) is 20.2. The molecule has 3 nitrogen and oxygen atoms in total. The van der Waals surface area contributed by atoms with E-state index in [0.717, 1.165) is 32.5 Å². The summed E-state index contributed by atoms with van der Waals surface area (Å²) >= 11 is 0. The average molecular weight is 398 g/mol. The molecule has 0 aromatic carbocycles. The molecule has 0 saturated heterocycles. The lowest BCUT2D eigenvalue weighted by Gasteiger charge is -2.17. The largest absolute Gasteiger partial charge is 0.466 e. The normalized spacial score (nSPS) is 11.3. The maximum absolute atomic E-state index is 11.7. The molecule has 0 spiro atoms. The smallest absolute Gasteiger partial charge is 0.305 e. The molecule has 0 rings (SSSR count). The molecule has 0 heterocycles. The van der Waals surface area contributed by atoms with Gasteiger partial charge in [-0.05, 0) is 25.9 Å². The van der Waals surface area contributed by atoms with Crippen molar-refractivity contribution in [1.82, 2.24) is 4.90 Å². The summed E-state index contributed by atoms with van der Waals surface area (Å²) < 4.78 is 5.33. The van der Waals surface area contributed by atoms with Crippen LogP contribution in [0.1, 0.15) is 130 Å². The third-order valence-corrected chi connectivity index (χ3v) is 5.76. The first-order chi connectivity index (χ1) is 13.7. The molecule has 0 radical (unpaired) electrons. The highest BCUT2D eigenvalue weighted by Gasteiger charge is 2.04. The Balaban J connectivity index is 3.19. The van der Waals surface area contributed by atoms with Gasteiger partial charge in [0.2, 0.25) is 0 Å². The monoisotopic (exact) mass is 397 g/mol. The Morgan fingerprint density at radius 1 is 0.607 bits per heavy atom. The molecule has 0 atom stereocenters. The van der Waals surface area contributed by atoms with Gasteiger partial charge in [-0.2, -0.15) is 0 Å². The van der Waals surface area contributed by atoms with Crippen LogP contribution in [0.5, 0.6) is 0 Å². The SMILES string of the molecule is CCCCCCCCCCCCCCCCCC(=O)OCCCN(CC)CC. The molecule has 0 fully saturated rings. The van der Waals surface area contributed by atoms with E-state index in [-0.39, 0.29) is 5.97 Å². The highest BCUT2D eigenvalue weighted by molar-refractivity contribution is 5.69. The molecule has 0 aromatic heterocycles. The molecule has 0 saturated carbocycles. The molecule has 0 aliphatic rings. The van der Waals surface area contributed by atoms with Gasteiger partial charge in [-0.15, -0.1) is 0 Å². The highest BCUT2D eigenvalue weighted by atomic mass is 16.5. The van der Waals surface area contributed by atoms with Crippen LogP contribution in [0.3, 0.4) is 0 Å². The molecular formula is C25H51NO2. The minimum atomic E-state index is -0.00533. The van der Waals surface area contributed by atoms with Gasteiger partial charge < -0.3 is 9.64 Å². The zero-order valence-electron chi connectivity index (χ0n) is 19.6. The first kappa shape index (κ1) is 27.4. The first-order valence-electron chi connectivity index (χ1n) is 12.6. The van der Waals surface area contributed by atoms with Gasteiger partial charge in [-0.1, -0.05) is 111 Å². The zero-order chi connectivity index (χ0) is 20.7. The van der Waals surface area contributed by atoms with E-state index >= 15 is 0 Å². The highest BCUT2D eigenvalue weighted by Crippen LogP contribution is 2.13. The molecule has 168 valence electrons. The number of carbonyl (C=O) groups excluding carboxylic acids is 1. The van der Waals surface area contributed by atoms with Gasteiger partial charge in [-0.25, -0.2) is 0 Å². The van der Waals surface area contributed by atoms with E-state index < -0.39 is 0 Å². The summed E-state index contributed by atoms with van der Waals surface area (Å²) in [7, 11) is 0. The van der Waals surface area contributed by atoms with Gasteiger partial charge in [0, 0.05) is 13.0 Å². The van der Waals surface area contributed by atoms with E-state index in [4.69, 9.17) is 4.74 Å². The van der Waals surface area contributed by atoms with Crippen LogP contribution in [0, 0.1) is 0 Å². The van der Waals surface area contributed by atoms with Gasteiger partial charge in [0.05, 0.1) is 6.61 Å². The van der Waals surface area contributed by atoms with Crippen LogP contribution < -0.4 is 0 Å². The van der Waals surface area contributed by atoms with Crippen LogP contribution in [0.25, 0.3) is 0 Å². The van der Waals surface area contributed by atoms with Crippen LogP contribution >= 0.6 is 0 Å². The number of hydrogen-bond acceptors (Lipinski definition) is 3. The van der Waals surface area contributed by atoms with E-state index in [0.29, 0.717) is 13.0 Å². The Morgan fingerprint density at radius 3 is 1.46 bits per heavy atom. The van der Waals surface area contributed by atoms with Crippen LogP contribution in [-0.2, 0) is 9.53 Å². The molecular weight excluding hydrogens is 346 g/mol. The number of nitrogens with zero attached hydrogens (tertiary/aromatic N) is 1. The van der Waals surface area contributed by atoms with Crippen molar-refractivity contribution in [2.45, 2.75) is 130 Å². The number of ether oxygens (including phenoxy) is 1. The van der Waals surface area contributed by atoms with Crippen molar-refractivity contribution in [3.8, 4) is 0 Å². The van der Waals surface area contributed by atoms with Gasteiger partial charge >= 0.3 is 5.97 Å². The molecule has 0 amide bonds. The molecule has 0 N–H and O–H groups in total. The average Bonchev–Trinajstić information content (AvgIpc) is 2.71. The Hall–Kier alpha value is -0.570. The Kier molecular flexibility index (Phi) is 22.3. The van der Waals surface area contributed by atoms with Crippen LogP contribution in [0.4, 0.5) is 0 Å². The molecule has 3 heteroatoms. The Labute approximate surface area is 177 Å². The van der Waals surface area contributed by atoms with Crippen molar-refractivity contribution in [2.75, 3.05) is 26.2 Å². The molecule has 0 unspecified atom stereocenters. The second-order valence-electron chi connectivity index (χ2n) is 8.30. The number of carbonyl (C=O) groups is 1. The van der Waals surface area contributed by atoms with Gasteiger partial charge in [0.1, 0.15) is 0 Å². The van der Waals surface area contributed by atoms with Crippen LogP contribution in [0.2, 0.25) is 0 Å². The lowest BCUT2D eigenvalue weighted by Crippen LogP contribution is -2.25. The van der Waals surface area contributed by atoms with E-state index in [1.165, 1.54) is 89.9 Å². The maximum atomic E-state index is 11.7. The van der Waals surface area contributed by atoms with Crippen molar-refractivity contribution in [3.05, 3.63) is 0 Å². The van der Waals surface area contributed by atoms with Crippen LogP contribution in [0.15, 0.2) is 0 Å². The summed E-state index contributed by atoms with van der Waals surface area (Å²) in [6.45, 7) is 10.4. The quantitative estimate of drug-likeness (QED) is 0.140. The summed E-state index contributed by atoms with van der Waals surface area (Å²) in [6.07, 6.45) is 21.9. The van der Waals surface area contributed by atoms with Crippen molar-refractivity contribution < 1.29 is 9.53 Å². The summed E-state index contributed by atoms with van der Waals surface area (Å²) in [5.74, 6) is -0.00533. The fourth-order valence-corrected chi connectivity index (χ4v) is 3.73. The van der Waals surface area contributed by atoms with E-state index in [2.05, 4.69) is 25.7 Å². The number of esters is 1. The number of unbranched alkanes of at least 4 members (excludes halogenated alkanes) is 14. The summed E-state index contributed by atoms with van der Waals surface area (Å²) in [4.78, 5) is 14.1. The second-order valence-corrected chi connectivity index (χ2v) is 8.30. The standard InChI is InChI=1S/C25H51NO2/c1-4-7-8-9-10-11-12-13-14-15-16-17-18-19-20-22-25(27)28-24-21-23-26(5-2)6-3/h4-24H2,1-3H3. The van der Waals surface area contributed by atoms with E-state index in [9.17, 15) is 4.79 Å². The fourth-order valence-electron chi connectivity index (χ4n) is 3.73. The third-order valence-electron chi connectivity index (χ3n) is 5.76. The minimum absolute atomic E-state index is 0.00533. The van der Waals surface area contributed by atoms with Crippen LogP contribution in [-0.4, -0.2) is 37.1 Å². The minimum Gasteiger partial charge on any atom is -0.466 e. The van der Waals surface area contributed by atoms with Gasteiger partial charge in [-0.3, -0.25) is 4.79 Å². The molecule has 0 bridgehead atoms. The Morgan fingerprint density at radius 2 is 1.04 bits per heavy atom. The summed E-state index contributed by atoms with van der Waals surface area (Å²) in [6, 6.07) is 0. The predicted octanol–water partition coefficient (Wildman–Crippen LogP) is 7.52. The van der Waals surface area contributed by atoms with Crippen molar-refractivity contribution in [1.29, 1.82) is 0 Å². The van der Waals surface area contributed by atoms with E-state index in [1.807, 2.05) is 0 Å². The zero-order valence-corrected chi connectivity index (χ0v) is 19.6. The maximum Gasteiger partial charge on any atom is 0.305 e. The topological polar surface area (TPSA) is 29.5 Å². The van der Waals surface area contributed by atoms with Crippen molar-refractivity contribution in [2.24, 2.45) is 0 Å². The van der Waals surface area contributed by atoms with Gasteiger partial charge in [0.25, 0.3) is 0 Å². The second kappa shape index (κ2) is 22.7.